The van der Waals surface area contributed by atoms with E-state index in [0.717, 1.165) is 0 Å². The van der Waals surface area contributed by atoms with Crippen molar-refractivity contribution in [3.05, 3.63) is 60.4 Å². The SMILES string of the molecule is O=C(NOc1ccccc1)c1cccnc1. The van der Waals surface area contributed by atoms with Crippen LogP contribution in [-0.2, 0) is 0 Å². The number of hydrogen-bond acceptors (Lipinski definition) is 3. The molecule has 4 nitrogen and oxygen atoms in total. The number of hydrogen-bond donors (Lipinski definition) is 1. The highest BCUT2D eigenvalue weighted by molar-refractivity contribution is 5.93. The fourth-order valence-electron chi connectivity index (χ4n) is 1.15. The van der Waals surface area contributed by atoms with Crippen molar-refractivity contribution in [2.75, 3.05) is 0 Å². The number of aromatic nitrogens is 1. The molecular weight excluding hydrogens is 204 g/mol. The number of benzene rings is 1. The second-order valence-corrected chi connectivity index (χ2v) is 3.09. The van der Waals surface area contributed by atoms with Crippen molar-refractivity contribution >= 4 is 5.91 Å². The van der Waals surface area contributed by atoms with Crippen LogP contribution in [0.1, 0.15) is 10.4 Å². The molecule has 2 rings (SSSR count). The summed E-state index contributed by atoms with van der Waals surface area (Å²) in [5.41, 5.74) is 2.79. The van der Waals surface area contributed by atoms with Gasteiger partial charge >= 0.3 is 0 Å². The molecular formula is C12H10N2O2. The monoisotopic (exact) mass is 214 g/mol. The van der Waals surface area contributed by atoms with Crippen molar-refractivity contribution in [3.63, 3.8) is 0 Å². The Bertz CT molecular complexity index is 457. The van der Waals surface area contributed by atoms with E-state index < -0.39 is 0 Å². The van der Waals surface area contributed by atoms with Crippen molar-refractivity contribution < 1.29 is 9.63 Å². The number of nitrogens with zero attached hydrogens (tertiary/aromatic N) is 1. The molecule has 16 heavy (non-hydrogen) atoms. The third-order valence-corrected chi connectivity index (χ3v) is 1.93. The molecule has 1 aromatic heterocycles. The maximum atomic E-state index is 11.5. The van der Waals surface area contributed by atoms with Crippen molar-refractivity contribution in [3.8, 4) is 5.75 Å². The molecule has 1 N–H and O–H groups in total. The molecule has 1 heterocycles. The first-order valence-electron chi connectivity index (χ1n) is 4.78. The average Bonchev–Trinajstić information content (AvgIpc) is 2.38. The van der Waals surface area contributed by atoms with Crippen LogP contribution in [0.3, 0.4) is 0 Å². The van der Waals surface area contributed by atoms with Crippen LogP contribution in [0, 0.1) is 0 Å². The number of para-hydroxylation sites is 1. The van der Waals surface area contributed by atoms with E-state index in [9.17, 15) is 4.79 Å². The molecule has 0 unspecified atom stereocenters. The highest BCUT2D eigenvalue weighted by Crippen LogP contribution is 2.06. The van der Waals surface area contributed by atoms with Gasteiger partial charge in [-0.15, -0.1) is 0 Å². The number of rotatable bonds is 3. The number of hydroxylamine groups is 1. The molecule has 0 bridgehead atoms. The van der Waals surface area contributed by atoms with E-state index in [1.54, 1.807) is 30.5 Å². The Labute approximate surface area is 92.9 Å². The van der Waals surface area contributed by atoms with Crippen molar-refractivity contribution in [2.45, 2.75) is 0 Å². The van der Waals surface area contributed by atoms with Crippen molar-refractivity contribution in [1.82, 2.24) is 10.5 Å². The zero-order chi connectivity index (χ0) is 11.2. The summed E-state index contributed by atoms with van der Waals surface area (Å²) in [6.45, 7) is 0. The van der Waals surface area contributed by atoms with Gasteiger partial charge in [0, 0.05) is 12.4 Å². The summed E-state index contributed by atoms with van der Waals surface area (Å²) >= 11 is 0. The highest BCUT2D eigenvalue weighted by atomic mass is 16.7. The summed E-state index contributed by atoms with van der Waals surface area (Å²) in [7, 11) is 0. The number of nitrogens with one attached hydrogen (secondary N) is 1. The summed E-state index contributed by atoms with van der Waals surface area (Å²) in [6, 6.07) is 12.4. The zero-order valence-electron chi connectivity index (χ0n) is 8.46. The van der Waals surface area contributed by atoms with E-state index in [1.807, 2.05) is 18.2 Å². The van der Waals surface area contributed by atoms with Crippen molar-refractivity contribution in [1.29, 1.82) is 0 Å². The Morgan fingerprint density at radius 2 is 1.94 bits per heavy atom. The Balaban J connectivity index is 1.95. The average molecular weight is 214 g/mol. The maximum Gasteiger partial charge on any atom is 0.285 e. The molecule has 0 aliphatic heterocycles. The lowest BCUT2D eigenvalue weighted by Crippen LogP contribution is -2.26. The van der Waals surface area contributed by atoms with E-state index in [4.69, 9.17) is 4.84 Å². The predicted molar refractivity (Wildman–Crippen MR) is 58.8 cm³/mol. The zero-order valence-corrected chi connectivity index (χ0v) is 8.46. The lowest BCUT2D eigenvalue weighted by molar-refractivity contribution is 0.0759. The topological polar surface area (TPSA) is 51.2 Å². The molecule has 0 saturated heterocycles. The fraction of sp³-hybridized carbons (Fsp3) is 0. The first-order valence-corrected chi connectivity index (χ1v) is 4.78. The summed E-state index contributed by atoms with van der Waals surface area (Å²) in [6.07, 6.45) is 3.08. The molecule has 4 heteroatoms. The molecule has 1 amide bonds. The van der Waals surface area contributed by atoms with E-state index in [0.29, 0.717) is 11.3 Å². The Morgan fingerprint density at radius 1 is 1.12 bits per heavy atom. The second-order valence-electron chi connectivity index (χ2n) is 3.09. The van der Waals surface area contributed by atoms with Crippen LogP contribution in [0.5, 0.6) is 5.75 Å². The number of carbonyl (C=O) groups is 1. The minimum atomic E-state index is -0.322. The Morgan fingerprint density at radius 3 is 2.62 bits per heavy atom. The Hall–Kier alpha value is -2.36. The standard InChI is InChI=1S/C12H10N2O2/c15-12(10-5-4-8-13-9-10)14-16-11-6-2-1-3-7-11/h1-9H,(H,14,15). The van der Waals surface area contributed by atoms with Gasteiger partial charge in [-0.3, -0.25) is 9.78 Å². The Kier molecular flexibility index (Phi) is 3.13. The third kappa shape index (κ3) is 2.57. The molecule has 0 aliphatic rings. The third-order valence-electron chi connectivity index (χ3n) is 1.93. The summed E-state index contributed by atoms with van der Waals surface area (Å²) in [5.74, 6) is 0.261. The van der Waals surface area contributed by atoms with Crippen LogP contribution in [-0.4, -0.2) is 10.9 Å². The predicted octanol–water partition coefficient (Wildman–Crippen LogP) is 1.81. The number of pyridine rings is 1. The van der Waals surface area contributed by atoms with Gasteiger partial charge in [0.25, 0.3) is 5.91 Å². The molecule has 0 fully saturated rings. The molecule has 1 aromatic carbocycles. The summed E-state index contributed by atoms with van der Waals surface area (Å²) in [5, 5.41) is 0. The molecule has 0 aliphatic carbocycles. The molecule has 0 radical (unpaired) electrons. The van der Waals surface area contributed by atoms with Gasteiger partial charge < -0.3 is 4.84 Å². The van der Waals surface area contributed by atoms with Crippen LogP contribution < -0.4 is 10.3 Å². The van der Waals surface area contributed by atoms with Gasteiger partial charge in [-0.25, -0.2) is 0 Å². The van der Waals surface area contributed by atoms with Gasteiger partial charge in [0.1, 0.15) is 0 Å². The molecule has 2 aromatic rings. The van der Waals surface area contributed by atoms with Gasteiger partial charge in [-0.05, 0) is 24.3 Å². The van der Waals surface area contributed by atoms with Gasteiger partial charge in [-0.1, -0.05) is 18.2 Å². The smallest absolute Gasteiger partial charge is 0.285 e. The van der Waals surface area contributed by atoms with Crippen LogP contribution in [0.2, 0.25) is 0 Å². The molecule has 0 atom stereocenters. The lowest BCUT2D eigenvalue weighted by atomic mass is 10.3. The maximum absolute atomic E-state index is 11.5. The van der Waals surface area contributed by atoms with E-state index in [-0.39, 0.29) is 5.91 Å². The van der Waals surface area contributed by atoms with Crippen LogP contribution in [0.4, 0.5) is 0 Å². The largest absolute Gasteiger partial charge is 0.379 e. The van der Waals surface area contributed by atoms with Crippen LogP contribution in [0.15, 0.2) is 54.9 Å². The quantitative estimate of drug-likeness (QED) is 0.793. The van der Waals surface area contributed by atoms with E-state index in [2.05, 4.69) is 10.5 Å². The molecule has 0 spiro atoms. The fourth-order valence-corrected chi connectivity index (χ4v) is 1.15. The van der Waals surface area contributed by atoms with Crippen LogP contribution in [0.25, 0.3) is 0 Å². The minimum Gasteiger partial charge on any atom is -0.379 e. The molecule has 80 valence electrons. The van der Waals surface area contributed by atoms with Gasteiger partial charge in [0.15, 0.2) is 5.75 Å². The van der Waals surface area contributed by atoms with E-state index >= 15 is 0 Å². The molecule has 0 saturated carbocycles. The highest BCUT2D eigenvalue weighted by Gasteiger charge is 2.04. The number of carbonyl (C=O) groups excluding carboxylic acids is 1. The van der Waals surface area contributed by atoms with Gasteiger partial charge in [-0.2, -0.15) is 5.48 Å². The van der Waals surface area contributed by atoms with Gasteiger partial charge in [0.2, 0.25) is 0 Å². The lowest BCUT2D eigenvalue weighted by Gasteiger charge is -2.05. The minimum absolute atomic E-state index is 0.322. The summed E-state index contributed by atoms with van der Waals surface area (Å²) < 4.78 is 0. The second kappa shape index (κ2) is 4.93. The van der Waals surface area contributed by atoms with E-state index in [1.165, 1.54) is 6.20 Å². The summed E-state index contributed by atoms with van der Waals surface area (Å²) in [4.78, 5) is 20.5. The normalized spacial score (nSPS) is 9.50. The van der Waals surface area contributed by atoms with Crippen LogP contribution >= 0.6 is 0 Å². The first-order chi connectivity index (χ1) is 7.86. The number of amides is 1. The first kappa shape index (κ1) is 10.2. The van der Waals surface area contributed by atoms with Crippen molar-refractivity contribution in [2.24, 2.45) is 0 Å². The van der Waals surface area contributed by atoms with Gasteiger partial charge in [0.05, 0.1) is 5.56 Å².